The van der Waals surface area contributed by atoms with Crippen LogP contribution in [0.2, 0.25) is 0 Å². The van der Waals surface area contributed by atoms with Gasteiger partial charge in [-0.3, -0.25) is 9.59 Å². The molecule has 3 aromatic carbocycles. The number of carbonyl (C=O) groups is 2. The molecule has 0 radical (unpaired) electrons. The van der Waals surface area contributed by atoms with E-state index in [2.05, 4.69) is 5.10 Å². The van der Waals surface area contributed by atoms with E-state index in [1.54, 1.807) is 25.1 Å². The Morgan fingerprint density at radius 2 is 1.76 bits per heavy atom. The molecule has 0 atom stereocenters. The summed E-state index contributed by atoms with van der Waals surface area (Å²) >= 11 is 0. The summed E-state index contributed by atoms with van der Waals surface area (Å²) in [6.07, 6.45) is 2.12. The topological polar surface area (TPSA) is 59.0 Å². The first kappa shape index (κ1) is 18.6. The van der Waals surface area contributed by atoms with Crippen LogP contribution in [-0.2, 0) is 9.59 Å². The summed E-state index contributed by atoms with van der Waals surface area (Å²) < 4.78 is 5.18. The second kappa shape index (κ2) is 7.72. The van der Waals surface area contributed by atoms with Crippen LogP contribution in [0.5, 0.6) is 5.75 Å². The van der Waals surface area contributed by atoms with Crippen molar-refractivity contribution in [3.8, 4) is 5.75 Å². The zero-order valence-electron chi connectivity index (χ0n) is 16.3. The minimum atomic E-state index is -0.281. The van der Waals surface area contributed by atoms with Gasteiger partial charge < -0.3 is 4.74 Å². The van der Waals surface area contributed by atoms with E-state index in [9.17, 15) is 9.59 Å². The average Bonchev–Trinajstić information content (AvgIpc) is 3.03. The number of nitrogens with zero attached hydrogens (tertiary/aromatic N) is 2. The molecule has 5 heteroatoms. The summed E-state index contributed by atoms with van der Waals surface area (Å²) in [5.74, 6) is 0.0373. The molecule has 1 aliphatic heterocycles. The number of hydrogen-bond acceptors (Lipinski definition) is 4. The summed E-state index contributed by atoms with van der Waals surface area (Å²) in [6, 6.07) is 20.9. The first-order valence-electron chi connectivity index (χ1n) is 9.46. The van der Waals surface area contributed by atoms with Crippen LogP contribution in [0.4, 0.5) is 5.69 Å². The second-order valence-corrected chi connectivity index (χ2v) is 6.79. The highest BCUT2D eigenvalue weighted by Crippen LogP contribution is 2.28. The van der Waals surface area contributed by atoms with Crippen molar-refractivity contribution in [2.75, 3.05) is 5.01 Å². The van der Waals surface area contributed by atoms with Gasteiger partial charge in [0.05, 0.1) is 17.0 Å². The summed E-state index contributed by atoms with van der Waals surface area (Å²) in [5.41, 5.74) is 2.76. The van der Waals surface area contributed by atoms with Gasteiger partial charge >= 0.3 is 5.97 Å². The third-order valence-corrected chi connectivity index (χ3v) is 4.75. The Bertz CT molecular complexity index is 1160. The van der Waals surface area contributed by atoms with E-state index in [0.29, 0.717) is 23.5 Å². The average molecular weight is 384 g/mol. The molecule has 0 aliphatic carbocycles. The molecular weight excluding hydrogens is 364 g/mol. The molecule has 1 heterocycles. The van der Waals surface area contributed by atoms with Crippen molar-refractivity contribution in [2.45, 2.75) is 20.3 Å². The minimum absolute atomic E-state index is 0.167. The first-order chi connectivity index (χ1) is 14.0. The smallest absolute Gasteiger partial charge is 0.310 e. The van der Waals surface area contributed by atoms with Crippen molar-refractivity contribution in [1.29, 1.82) is 0 Å². The third-order valence-electron chi connectivity index (χ3n) is 4.75. The fourth-order valence-corrected chi connectivity index (χ4v) is 3.17. The van der Waals surface area contributed by atoms with E-state index in [0.717, 1.165) is 22.0 Å². The number of hydrazone groups is 1. The quantitative estimate of drug-likeness (QED) is 0.363. The largest absolute Gasteiger partial charge is 0.427 e. The molecule has 0 spiro atoms. The number of ether oxygens (including phenoxy) is 1. The number of anilines is 1. The van der Waals surface area contributed by atoms with E-state index < -0.39 is 0 Å². The van der Waals surface area contributed by atoms with Gasteiger partial charge in [0.15, 0.2) is 0 Å². The fourth-order valence-electron chi connectivity index (χ4n) is 3.17. The Morgan fingerprint density at radius 1 is 1.03 bits per heavy atom. The maximum atomic E-state index is 13.0. The van der Waals surface area contributed by atoms with Gasteiger partial charge in [-0.1, -0.05) is 49.4 Å². The number of esters is 1. The lowest BCUT2D eigenvalue weighted by molar-refractivity contribution is -0.134. The molecule has 0 bridgehead atoms. The summed E-state index contributed by atoms with van der Waals surface area (Å²) in [4.78, 5) is 24.4. The van der Waals surface area contributed by atoms with Crippen LogP contribution in [0.25, 0.3) is 16.8 Å². The Labute approximate surface area is 168 Å². The lowest BCUT2D eigenvalue weighted by atomic mass is 10.1. The minimum Gasteiger partial charge on any atom is -0.427 e. The summed E-state index contributed by atoms with van der Waals surface area (Å²) in [5, 5.41) is 8.06. The van der Waals surface area contributed by atoms with Crippen LogP contribution >= 0.6 is 0 Å². The van der Waals surface area contributed by atoms with Gasteiger partial charge in [-0.2, -0.15) is 10.1 Å². The molecule has 0 saturated carbocycles. The molecule has 0 saturated heterocycles. The normalized spacial score (nSPS) is 15.1. The Balaban J connectivity index is 1.58. The molecule has 5 nitrogen and oxygen atoms in total. The standard InChI is InChI=1S/C24H20N2O3/c1-3-23(27)29-21-12-8-17(9-13-21)14-22-16(2)25-26(24(22)28)20-11-10-18-6-4-5-7-19(18)15-20/h4-15H,3H2,1-2H3/b22-14+. The number of carbonyl (C=O) groups excluding carboxylic acids is 2. The number of rotatable bonds is 4. The third kappa shape index (κ3) is 3.80. The predicted molar refractivity (Wildman–Crippen MR) is 115 cm³/mol. The Morgan fingerprint density at radius 3 is 2.48 bits per heavy atom. The van der Waals surface area contributed by atoms with Crippen LogP contribution in [0.1, 0.15) is 25.8 Å². The predicted octanol–water partition coefficient (Wildman–Crippen LogP) is 4.96. The van der Waals surface area contributed by atoms with Gasteiger partial charge in [0.2, 0.25) is 0 Å². The summed E-state index contributed by atoms with van der Waals surface area (Å²) in [6.45, 7) is 3.57. The van der Waals surface area contributed by atoms with E-state index >= 15 is 0 Å². The molecular formula is C24H20N2O3. The number of benzene rings is 3. The molecule has 3 aromatic rings. The van der Waals surface area contributed by atoms with Gasteiger partial charge in [0.25, 0.3) is 5.91 Å². The highest BCUT2D eigenvalue weighted by molar-refractivity contribution is 6.32. The van der Waals surface area contributed by atoms with Gasteiger partial charge in [-0.15, -0.1) is 0 Å². The monoisotopic (exact) mass is 384 g/mol. The van der Waals surface area contributed by atoms with Crippen molar-refractivity contribution < 1.29 is 14.3 Å². The molecule has 1 amide bonds. The fraction of sp³-hybridized carbons (Fsp3) is 0.125. The van der Waals surface area contributed by atoms with E-state index in [1.165, 1.54) is 5.01 Å². The van der Waals surface area contributed by atoms with Crippen LogP contribution < -0.4 is 9.75 Å². The number of fused-ring (bicyclic) bond motifs is 1. The van der Waals surface area contributed by atoms with E-state index in [-0.39, 0.29) is 11.9 Å². The molecule has 0 unspecified atom stereocenters. The second-order valence-electron chi connectivity index (χ2n) is 6.79. The first-order valence-corrected chi connectivity index (χ1v) is 9.46. The molecule has 144 valence electrons. The maximum absolute atomic E-state index is 13.0. The molecule has 1 aliphatic rings. The lowest BCUT2D eigenvalue weighted by Crippen LogP contribution is -2.21. The van der Waals surface area contributed by atoms with Crippen LogP contribution in [-0.4, -0.2) is 17.6 Å². The molecule has 0 aromatic heterocycles. The highest BCUT2D eigenvalue weighted by atomic mass is 16.5. The highest BCUT2D eigenvalue weighted by Gasteiger charge is 2.28. The molecule has 29 heavy (non-hydrogen) atoms. The van der Waals surface area contributed by atoms with Crippen LogP contribution in [0.15, 0.2) is 77.4 Å². The SMILES string of the molecule is CCC(=O)Oc1ccc(/C=C2/C(=O)N(c3ccc4ccccc4c3)N=C2C)cc1. The van der Waals surface area contributed by atoms with Gasteiger partial charge in [-0.25, -0.2) is 0 Å². The van der Waals surface area contributed by atoms with Crippen molar-refractivity contribution in [1.82, 2.24) is 0 Å². The van der Waals surface area contributed by atoms with Crippen molar-refractivity contribution in [3.63, 3.8) is 0 Å². The molecule has 0 fully saturated rings. The zero-order chi connectivity index (χ0) is 20.4. The maximum Gasteiger partial charge on any atom is 0.310 e. The van der Waals surface area contributed by atoms with Gasteiger partial charge in [0, 0.05) is 6.42 Å². The van der Waals surface area contributed by atoms with E-state index in [4.69, 9.17) is 4.74 Å². The lowest BCUT2D eigenvalue weighted by Gasteiger charge is -2.12. The zero-order valence-corrected chi connectivity index (χ0v) is 16.3. The summed E-state index contributed by atoms with van der Waals surface area (Å²) in [7, 11) is 0. The van der Waals surface area contributed by atoms with Crippen molar-refractivity contribution >= 4 is 40.1 Å². The Kier molecular flexibility index (Phi) is 4.96. The molecule has 4 rings (SSSR count). The van der Waals surface area contributed by atoms with Crippen LogP contribution in [0.3, 0.4) is 0 Å². The number of hydrogen-bond donors (Lipinski definition) is 0. The van der Waals surface area contributed by atoms with E-state index in [1.807, 2.05) is 61.5 Å². The number of amides is 1. The van der Waals surface area contributed by atoms with Gasteiger partial charge in [-0.05, 0) is 53.6 Å². The molecule has 0 N–H and O–H groups in total. The van der Waals surface area contributed by atoms with Gasteiger partial charge in [0.1, 0.15) is 5.75 Å². The Hall–Kier alpha value is -3.73. The van der Waals surface area contributed by atoms with Crippen molar-refractivity contribution in [3.05, 3.63) is 77.9 Å². The van der Waals surface area contributed by atoms with Crippen LogP contribution in [0, 0.1) is 0 Å². The van der Waals surface area contributed by atoms with Crippen molar-refractivity contribution in [2.24, 2.45) is 5.10 Å².